The normalized spacial score (nSPS) is 22.0. The van der Waals surface area contributed by atoms with Gasteiger partial charge in [0, 0.05) is 0 Å². The molecule has 3 heteroatoms. The molecule has 1 saturated carbocycles. The van der Waals surface area contributed by atoms with Crippen LogP contribution < -0.4 is 15.2 Å². The Morgan fingerprint density at radius 3 is 2.48 bits per heavy atom. The van der Waals surface area contributed by atoms with Crippen LogP contribution in [0.15, 0.2) is 18.2 Å². The van der Waals surface area contributed by atoms with E-state index >= 15 is 0 Å². The van der Waals surface area contributed by atoms with Gasteiger partial charge in [0.25, 0.3) is 0 Å². The fourth-order valence-corrected chi connectivity index (χ4v) is 3.08. The van der Waals surface area contributed by atoms with Gasteiger partial charge >= 0.3 is 0 Å². The number of hydrogen-bond donors (Lipinski definition) is 1. The molecule has 118 valence electrons. The van der Waals surface area contributed by atoms with Crippen LogP contribution in [0.25, 0.3) is 0 Å². The number of ether oxygens (including phenoxy) is 2. The van der Waals surface area contributed by atoms with Crippen molar-refractivity contribution in [2.75, 3.05) is 13.2 Å². The Kier molecular flexibility index (Phi) is 6.37. The zero-order valence-corrected chi connectivity index (χ0v) is 13.4. The van der Waals surface area contributed by atoms with Crippen molar-refractivity contribution in [1.82, 2.24) is 0 Å². The molecular weight excluding hydrogens is 262 g/mol. The van der Waals surface area contributed by atoms with Gasteiger partial charge in [0.1, 0.15) is 0 Å². The minimum Gasteiger partial charge on any atom is -0.490 e. The summed E-state index contributed by atoms with van der Waals surface area (Å²) >= 11 is 0. The molecule has 3 nitrogen and oxygen atoms in total. The molecule has 0 spiro atoms. The van der Waals surface area contributed by atoms with Crippen LogP contribution in [0.1, 0.15) is 51.5 Å². The monoisotopic (exact) mass is 291 g/mol. The first-order valence-electron chi connectivity index (χ1n) is 8.39. The maximum absolute atomic E-state index is 6.21. The van der Waals surface area contributed by atoms with E-state index in [0.717, 1.165) is 36.7 Å². The van der Waals surface area contributed by atoms with E-state index in [1.807, 2.05) is 13.0 Å². The van der Waals surface area contributed by atoms with Crippen molar-refractivity contribution < 1.29 is 9.47 Å². The Balaban J connectivity index is 2.01. The van der Waals surface area contributed by atoms with Crippen LogP contribution in [0.4, 0.5) is 0 Å². The molecule has 1 aliphatic rings. The summed E-state index contributed by atoms with van der Waals surface area (Å²) in [7, 11) is 0. The second-order valence-electron chi connectivity index (χ2n) is 5.92. The first-order valence-corrected chi connectivity index (χ1v) is 8.39. The van der Waals surface area contributed by atoms with Gasteiger partial charge in [-0.2, -0.15) is 0 Å². The molecule has 0 amide bonds. The lowest BCUT2D eigenvalue weighted by Gasteiger charge is -2.29. The van der Waals surface area contributed by atoms with E-state index < -0.39 is 0 Å². The lowest BCUT2D eigenvalue weighted by molar-refractivity contribution is 0.124. The summed E-state index contributed by atoms with van der Waals surface area (Å²) in [4.78, 5) is 0. The Hall–Kier alpha value is -1.22. The molecule has 2 rings (SSSR count). The predicted molar refractivity (Wildman–Crippen MR) is 87.0 cm³/mol. The van der Waals surface area contributed by atoms with Crippen molar-refractivity contribution in [3.63, 3.8) is 0 Å². The van der Waals surface area contributed by atoms with E-state index in [2.05, 4.69) is 19.1 Å². The number of hydrogen-bond acceptors (Lipinski definition) is 3. The van der Waals surface area contributed by atoms with Crippen LogP contribution in [0, 0.1) is 5.92 Å². The molecule has 2 N–H and O–H groups in total. The number of rotatable bonds is 7. The third-order valence-electron chi connectivity index (χ3n) is 4.41. The summed E-state index contributed by atoms with van der Waals surface area (Å²) < 4.78 is 12.0. The first kappa shape index (κ1) is 16.2. The van der Waals surface area contributed by atoms with E-state index in [-0.39, 0.29) is 0 Å². The summed E-state index contributed by atoms with van der Waals surface area (Å²) in [6, 6.07) is 6.22. The van der Waals surface area contributed by atoms with Crippen LogP contribution in [0.3, 0.4) is 0 Å². The van der Waals surface area contributed by atoms with Crippen molar-refractivity contribution in [2.24, 2.45) is 11.7 Å². The predicted octanol–water partition coefficient (Wildman–Crippen LogP) is 3.93. The van der Waals surface area contributed by atoms with Gasteiger partial charge in [0.2, 0.25) is 0 Å². The second-order valence-corrected chi connectivity index (χ2v) is 5.92. The standard InChI is InChI=1S/C18H29NO2/c1-3-14-5-8-16(9-6-14)21-17-10-7-15(11-12-19)13-18(17)20-4-2/h7,10,13-14,16H,3-6,8-9,11-12,19H2,1-2H3. The average Bonchev–Trinajstić information content (AvgIpc) is 2.51. The molecule has 0 atom stereocenters. The molecule has 1 fully saturated rings. The maximum Gasteiger partial charge on any atom is 0.161 e. The zero-order chi connectivity index (χ0) is 15.1. The third-order valence-corrected chi connectivity index (χ3v) is 4.41. The van der Waals surface area contributed by atoms with Crippen LogP contribution >= 0.6 is 0 Å². The van der Waals surface area contributed by atoms with Gasteiger partial charge in [-0.1, -0.05) is 19.4 Å². The smallest absolute Gasteiger partial charge is 0.161 e. The molecule has 0 aromatic heterocycles. The third kappa shape index (κ3) is 4.63. The molecule has 0 radical (unpaired) electrons. The summed E-state index contributed by atoms with van der Waals surface area (Å²) in [6.07, 6.45) is 7.41. The van der Waals surface area contributed by atoms with Gasteiger partial charge in [-0.3, -0.25) is 0 Å². The van der Waals surface area contributed by atoms with Gasteiger partial charge in [0.05, 0.1) is 12.7 Å². The molecule has 0 bridgehead atoms. The highest BCUT2D eigenvalue weighted by Gasteiger charge is 2.22. The van der Waals surface area contributed by atoms with Gasteiger partial charge in [-0.05, 0) is 69.2 Å². The van der Waals surface area contributed by atoms with Gasteiger partial charge < -0.3 is 15.2 Å². The summed E-state index contributed by atoms with van der Waals surface area (Å²) in [6.45, 7) is 5.61. The van der Waals surface area contributed by atoms with E-state index in [1.54, 1.807) is 0 Å². The van der Waals surface area contributed by atoms with Crippen molar-refractivity contribution in [3.8, 4) is 11.5 Å². The number of nitrogens with two attached hydrogens (primary N) is 1. The molecule has 0 aliphatic heterocycles. The fraction of sp³-hybridized carbons (Fsp3) is 0.667. The lowest BCUT2D eigenvalue weighted by Crippen LogP contribution is -2.24. The van der Waals surface area contributed by atoms with E-state index in [0.29, 0.717) is 19.3 Å². The minimum atomic E-state index is 0.340. The Morgan fingerprint density at radius 2 is 1.86 bits per heavy atom. The summed E-state index contributed by atoms with van der Waals surface area (Å²) in [5, 5.41) is 0. The number of benzene rings is 1. The SMILES string of the molecule is CCOc1cc(CCN)ccc1OC1CCC(CC)CC1. The highest BCUT2D eigenvalue weighted by molar-refractivity contribution is 5.43. The molecule has 1 aromatic carbocycles. The van der Waals surface area contributed by atoms with E-state index in [1.165, 1.54) is 24.8 Å². The lowest BCUT2D eigenvalue weighted by atomic mass is 9.86. The molecule has 1 aromatic rings. The first-order chi connectivity index (χ1) is 10.3. The highest BCUT2D eigenvalue weighted by Crippen LogP contribution is 2.34. The molecule has 1 aliphatic carbocycles. The van der Waals surface area contributed by atoms with Crippen LogP contribution in [-0.2, 0) is 6.42 Å². The summed E-state index contributed by atoms with van der Waals surface area (Å²) in [5.41, 5.74) is 6.84. The fourth-order valence-electron chi connectivity index (χ4n) is 3.08. The van der Waals surface area contributed by atoms with Crippen LogP contribution in [0.2, 0.25) is 0 Å². The molecule has 0 unspecified atom stereocenters. The topological polar surface area (TPSA) is 44.5 Å². The van der Waals surface area contributed by atoms with Crippen molar-refractivity contribution >= 4 is 0 Å². The molecular formula is C18H29NO2. The van der Waals surface area contributed by atoms with E-state index in [9.17, 15) is 0 Å². The minimum absolute atomic E-state index is 0.340. The largest absolute Gasteiger partial charge is 0.490 e. The Labute approximate surface area is 128 Å². The van der Waals surface area contributed by atoms with Crippen LogP contribution in [0.5, 0.6) is 11.5 Å². The van der Waals surface area contributed by atoms with Gasteiger partial charge in [-0.25, -0.2) is 0 Å². The van der Waals surface area contributed by atoms with Crippen molar-refractivity contribution in [3.05, 3.63) is 23.8 Å². The van der Waals surface area contributed by atoms with Gasteiger partial charge in [0.15, 0.2) is 11.5 Å². The zero-order valence-electron chi connectivity index (χ0n) is 13.4. The molecule has 21 heavy (non-hydrogen) atoms. The van der Waals surface area contributed by atoms with E-state index in [4.69, 9.17) is 15.2 Å². The maximum atomic E-state index is 6.21. The summed E-state index contributed by atoms with van der Waals surface area (Å²) in [5.74, 6) is 2.64. The average molecular weight is 291 g/mol. The van der Waals surface area contributed by atoms with Crippen molar-refractivity contribution in [1.29, 1.82) is 0 Å². The Bertz CT molecular complexity index is 425. The van der Waals surface area contributed by atoms with Crippen molar-refractivity contribution in [2.45, 2.75) is 58.5 Å². The van der Waals surface area contributed by atoms with Crippen LogP contribution in [-0.4, -0.2) is 19.3 Å². The highest BCUT2D eigenvalue weighted by atomic mass is 16.5. The quantitative estimate of drug-likeness (QED) is 0.827. The Morgan fingerprint density at radius 1 is 1.10 bits per heavy atom. The molecule has 0 heterocycles. The second kappa shape index (κ2) is 8.28. The van der Waals surface area contributed by atoms with Gasteiger partial charge in [-0.15, -0.1) is 0 Å². The molecule has 0 saturated heterocycles.